The number of carbonyl (C=O) groups is 1. The number of fused-ring (bicyclic) bond motifs is 1. The van der Waals surface area contributed by atoms with Crippen LogP contribution in [0.2, 0.25) is 5.02 Å². The van der Waals surface area contributed by atoms with Crippen LogP contribution in [0.4, 0.5) is 0 Å². The fourth-order valence-electron chi connectivity index (χ4n) is 5.33. The van der Waals surface area contributed by atoms with Crippen molar-refractivity contribution in [3.05, 3.63) is 53.2 Å². The molecule has 0 amide bonds. The molecule has 0 bridgehead atoms. The zero-order valence-corrected chi connectivity index (χ0v) is 23.6. The number of Topliss-reactive ketones (excluding diaryl/α,β-unsaturated/α-hetero) is 1. The number of ether oxygens (including phenoxy) is 4. The first-order valence-electron chi connectivity index (χ1n) is 13.9. The number of hydrogen-bond donors (Lipinski definition) is 0. The second kappa shape index (κ2) is 12.5. The van der Waals surface area contributed by atoms with Gasteiger partial charge in [0.15, 0.2) is 11.5 Å². The zero-order chi connectivity index (χ0) is 27.2. The van der Waals surface area contributed by atoms with E-state index in [0.29, 0.717) is 52.9 Å². The summed E-state index contributed by atoms with van der Waals surface area (Å²) in [6.07, 6.45) is 6.85. The number of pyridine rings is 1. The number of halogens is 1. The summed E-state index contributed by atoms with van der Waals surface area (Å²) in [6.45, 7) is 7.78. The molecule has 0 saturated carbocycles. The van der Waals surface area contributed by atoms with E-state index >= 15 is 0 Å². The first-order chi connectivity index (χ1) is 19.0. The van der Waals surface area contributed by atoms with Gasteiger partial charge in [0.1, 0.15) is 17.3 Å². The summed E-state index contributed by atoms with van der Waals surface area (Å²) >= 11 is 6.47. The number of nitrogens with zero attached hydrogens (tertiary/aromatic N) is 2. The molecule has 0 N–H and O–H groups in total. The lowest BCUT2D eigenvalue weighted by Crippen LogP contribution is -2.51. The first kappa shape index (κ1) is 27.7. The maximum absolute atomic E-state index is 12.0. The van der Waals surface area contributed by atoms with Crippen molar-refractivity contribution in [2.75, 3.05) is 46.6 Å². The van der Waals surface area contributed by atoms with E-state index in [0.717, 1.165) is 62.2 Å². The SMILES string of the molecule is CCCC(=O)Cc1ccc(Oc2ccnc3cc(OCCCN4CCC5(CC4)COC5)c(OC)cc23)cc1Cl. The summed E-state index contributed by atoms with van der Waals surface area (Å²) in [6, 6.07) is 11.1. The molecule has 208 valence electrons. The normalized spacial score (nSPS) is 16.7. The molecule has 2 aliphatic rings. The Morgan fingerprint density at radius 3 is 2.62 bits per heavy atom. The van der Waals surface area contributed by atoms with E-state index in [4.69, 9.17) is 30.5 Å². The molecule has 7 nitrogen and oxygen atoms in total. The average molecular weight is 553 g/mol. The van der Waals surface area contributed by atoms with Crippen LogP contribution in [0.25, 0.3) is 10.9 Å². The lowest BCUT2D eigenvalue weighted by molar-refractivity contribution is -0.139. The fourth-order valence-corrected chi connectivity index (χ4v) is 5.57. The molecule has 0 atom stereocenters. The number of rotatable bonds is 12. The number of likely N-dealkylation sites (tertiary alicyclic amines) is 1. The van der Waals surface area contributed by atoms with E-state index < -0.39 is 0 Å². The van der Waals surface area contributed by atoms with Crippen molar-refractivity contribution in [3.63, 3.8) is 0 Å². The topological polar surface area (TPSA) is 70.1 Å². The predicted octanol–water partition coefficient (Wildman–Crippen LogP) is 6.48. The van der Waals surface area contributed by atoms with Crippen LogP contribution < -0.4 is 14.2 Å². The number of ketones is 1. The van der Waals surface area contributed by atoms with Gasteiger partial charge in [-0.2, -0.15) is 0 Å². The number of benzene rings is 2. The first-order valence-corrected chi connectivity index (χ1v) is 14.2. The zero-order valence-electron chi connectivity index (χ0n) is 22.8. The molecule has 1 aromatic heterocycles. The van der Waals surface area contributed by atoms with Crippen molar-refractivity contribution in [3.8, 4) is 23.0 Å². The summed E-state index contributed by atoms with van der Waals surface area (Å²) in [7, 11) is 1.64. The van der Waals surface area contributed by atoms with Crippen molar-refractivity contribution < 1.29 is 23.7 Å². The second-order valence-electron chi connectivity index (χ2n) is 10.7. The van der Waals surface area contributed by atoms with Gasteiger partial charge in [-0.25, -0.2) is 0 Å². The van der Waals surface area contributed by atoms with Crippen molar-refractivity contribution in [1.29, 1.82) is 0 Å². The Morgan fingerprint density at radius 1 is 1.10 bits per heavy atom. The van der Waals surface area contributed by atoms with Gasteiger partial charge in [-0.15, -0.1) is 0 Å². The Labute approximate surface area is 235 Å². The third-order valence-electron chi connectivity index (χ3n) is 7.77. The fraction of sp³-hybridized carbons (Fsp3) is 0.484. The Balaban J connectivity index is 1.21. The smallest absolute Gasteiger partial charge is 0.163 e. The van der Waals surface area contributed by atoms with Crippen LogP contribution in [0, 0.1) is 5.41 Å². The van der Waals surface area contributed by atoms with Gasteiger partial charge in [0.05, 0.1) is 32.4 Å². The number of hydrogen-bond acceptors (Lipinski definition) is 7. The van der Waals surface area contributed by atoms with E-state index in [2.05, 4.69) is 9.88 Å². The largest absolute Gasteiger partial charge is 0.493 e. The van der Waals surface area contributed by atoms with E-state index in [-0.39, 0.29) is 5.78 Å². The van der Waals surface area contributed by atoms with Crippen LogP contribution in [0.1, 0.15) is 44.6 Å². The Morgan fingerprint density at radius 2 is 1.92 bits per heavy atom. The highest BCUT2D eigenvalue weighted by molar-refractivity contribution is 6.31. The third-order valence-corrected chi connectivity index (χ3v) is 8.12. The summed E-state index contributed by atoms with van der Waals surface area (Å²) in [5.41, 5.74) is 2.02. The third kappa shape index (κ3) is 6.65. The molecule has 8 heteroatoms. The van der Waals surface area contributed by atoms with Crippen molar-refractivity contribution in [2.24, 2.45) is 5.41 Å². The highest BCUT2D eigenvalue weighted by atomic mass is 35.5. The minimum Gasteiger partial charge on any atom is -0.493 e. The highest BCUT2D eigenvalue weighted by Crippen LogP contribution is 2.39. The quantitative estimate of drug-likeness (QED) is 0.238. The van der Waals surface area contributed by atoms with Gasteiger partial charge < -0.3 is 23.8 Å². The maximum Gasteiger partial charge on any atom is 0.163 e. The Hall–Kier alpha value is -2.87. The summed E-state index contributed by atoms with van der Waals surface area (Å²) < 4.78 is 23.4. The van der Waals surface area contributed by atoms with Crippen LogP contribution in [-0.4, -0.2) is 62.2 Å². The molecule has 2 saturated heterocycles. The van der Waals surface area contributed by atoms with Gasteiger partial charge in [-0.1, -0.05) is 24.6 Å². The van der Waals surface area contributed by atoms with Crippen LogP contribution >= 0.6 is 11.6 Å². The van der Waals surface area contributed by atoms with Gasteiger partial charge in [-0.05, 0) is 68.6 Å². The van der Waals surface area contributed by atoms with Gasteiger partial charge in [-0.3, -0.25) is 9.78 Å². The molecule has 39 heavy (non-hydrogen) atoms. The van der Waals surface area contributed by atoms with Gasteiger partial charge >= 0.3 is 0 Å². The van der Waals surface area contributed by atoms with E-state index in [1.54, 1.807) is 19.4 Å². The number of methoxy groups -OCH3 is 1. The molecule has 3 heterocycles. The standard InChI is InChI=1S/C31H37ClN2O5/c1-3-5-23(35)16-22-6-7-24(17-26(22)32)39-28-8-11-33-27-19-30(29(36-2)18-25(27)28)38-15-4-12-34-13-9-31(10-14-34)20-37-21-31/h6-8,11,17-19H,3-5,9-10,12-16,20-21H2,1-2H3. The number of aromatic nitrogens is 1. The summed E-state index contributed by atoms with van der Waals surface area (Å²) in [5.74, 6) is 2.71. The minimum atomic E-state index is 0.183. The molecular formula is C31H37ClN2O5. The number of piperidine rings is 1. The van der Waals surface area contributed by atoms with Crippen molar-refractivity contribution >= 4 is 28.3 Å². The van der Waals surface area contributed by atoms with Crippen LogP contribution in [0.15, 0.2) is 42.6 Å². The Kier molecular flexibility index (Phi) is 8.90. The molecule has 0 radical (unpaired) electrons. The second-order valence-corrected chi connectivity index (χ2v) is 11.1. The van der Waals surface area contributed by atoms with Gasteiger partial charge in [0.25, 0.3) is 0 Å². The maximum atomic E-state index is 12.0. The molecule has 2 aliphatic heterocycles. The average Bonchev–Trinajstić information content (AvgIpc) is 2.92. The molecule has 0 aliphatic carbocycles. The van der Waals surface area contributed by atoms with E-state index in [1.807, 2.05) is 37.3 Å². The monoisotopic (exact) mass is 552 g/mol. The van der Waals surface area contributed by atoms with Crippen molar-refractivity contribution in [1.82, 2.24) is 9.88 Å². The lowest BCUT2D eigenvalue weighted by Gasteiger charge is -2.47. The Bertz CT molecular complexity index is 1300. The minimum absolute atomic E-state index is 0.183. The number of carbonyl (C=O) groups excluding carboxylic acids is 1. The van der Waals surface area contributed by atoms with E-state index in [1.165, 1.54) is 12.8 Å². The lowest BCUT2D eigenvalue weighted by atomic mass is 9.77. The van der Waals surface area contributed by atoms with Crippen LogP contribution in [0.3, 0.4) is 0 Å². The molecule has 3 aromatic rings. The van der Waals surface area contributed by atoms with Crippen molar-refractivity contribution in [2.45, 2.75) is 45.4 Å². The molecule has 0 unspecified atom stereocenters. The molecule has 1 spiro atoms. The molecule has 2 fully saturated rings. The highest BCUT2D eigenvalue weighted by Gasteiger charge is 2.40. The van der Waals surface area contributed by atoms with Gasteiger partial charge in [0, 0.05) is 47.5 Å². The van der Waals surface area contributed by atoms with E-state index in [9.17, 15) is 4.79 Å². The van der Waals surface area contributed by atoms with Crippen LogP contribution in [-0.2, 0) is 16.0 Å². The van der Waals surface area contributed by atoms with Crippen LogP contribution in [0.5, 0.6) is 23.0 Å². The molecular weight excluding hydrogens is 516 g/mol. The summed E-state index contributed by atoms with van der Waals surface area (Å²) in [4.78, 5) is 19.1. The predicted molar refractivity (Wildman–Crippen MR) is 152 cm³/mol. The molecule has 2 aromatic carbocycles. The molecule has 5 rings (SSSR count). The van der Waals surface area contributed by atoms with Gasteiger partial charge in [0.2, 0.25) is 0 Å². The summed E-state index contributed by atoms with van der Waals surface area (Å²) in [5, 5.41) is 1.33.